The summed E-state index contributed by atoms with van der Waals surface area (Å²) in [5.41, 5.74) is 12.7. The van der Waals surface area contributed by atoms with Crippen molar-refractivity contribution in [3.63, 3.8) is 0 Å². The van der Waals surface area contributed by atoms with Gasteiger partial charge in [0.15, 0.2) is 0 Å². The van der Waals surface area contributed by atoms with Gasteiger partial charge >= 0.3 is 0 Å². The normalized spacial score (nSPS) is 11.6. The van der Waals surface area contributed by atoms with Gasteiger partial charge in [-0.15, -0.1) is 0 Å². The lowest BCUT2D eigenvalue weighted by Gasteiger charge is -2.13. The van der Waals surface area contributed by atoms with E-state index in [9.17, 15) is 10.5 Å². The van der Waals surface area contributed by atoms with Gasteiger partial charge in [0.2, 0.25) is 0 Å². The lowest BCUT2D eigenvalue weighted by molar-refractivity contribution is 1.16. The maximum atomic E-state index is 10.7. The van der Waals surface area contributed by atoms with Crippen LogP contribution in [-0.2, 0) is 0 Å². The van der Waals surface area contributed by atoms with Gasteiger partial charge in [-0.2, -0.15) is 10.5 Å². The van der Waals surface area contributed by atoms with E-state index in [1.807, 2.05) is 30.3 Å². The van der Waals surface area contributed by atoms with Crippen molar-refractivity contribution in [2.75, 3.05) is 0 Å². The molecule has 8 aromatic carbocycles. The molecule has 5 nitrogen and oxygen atoms in total. The van der Waals surface area contributed by atoms with Gasteiger partial charge < -0.3 is 13.7 Å². The summed E-state index contributed by atoms with van der Waals surface area (Å²) in [4.78, 5) is 0. The fourth-order valence-electron chi connectivity index (χ4n) is 8.75. The maximum absolute atomic E-state index is 10.7. The molecular weight excluding hydrogens is 671 g/mol. The molecule has 0 atom stereocenters. The van der Waals surface area contributed by atoms with Crippen molar-refractivity contribution >= 4 is 65.4 Å². The topological polar surface area (TPSA) is 62.4 Å². The zero-order valence-corrected chi connectivity index (χ0v) is 29.5. The van der Waals surface area contributed by atoms with Gasteiger partial charge in [-0.25, -0.2) is 0 Å². The zero-order chi connectivity index (χ0) is 36.6. The van der Waals surface area contributed by atoms with Crippen LogP contribution >= 0.6 is 0 Å². The number of nitrogens with zero attached hydrogens (tertiary/aromatic N) is 5. The number of rotatable bonds is 4. The fourth-order valence-corrected chi connectivity index (χ4v) is 8.75. The van der Waals surface area contributed by atoms with Gasteiger partial charge in [-0.3, -0.25) is 0 Å². The lowest BCUT2D eigenvalue weighted by Crippen LogP contribution is -1.99. The number of fused-ring (bicyclic) bond motifs is 9. The van der Waals surface area contributed by atoms with Gasteiger partial charge in [0.25, 0.3) is 0 Å². The van der Waals surface area contributed by atoms with Gasteiger partial charge in [0, 0.05) is 38.0 Å². The predicted octanol–water partition coefficient (Wildman–Crippen LogP) is 12.4. The maximum Gasteiger partial charge on any atom is 0.101 e. The molecule has 5 heteroatoms. The SMILES string of the molecule is N#Cc1ccc2c(c1)c1ccccc1n2-c1cccc2c1c1ccccc1n2-c1ccc(-c2ccc(-n3c4ccccc4c4ccccc43)cc2)cc1C#N. The van der Waals surface area contributed by atoms with Gasteiger partial charge in [-0.1, -0.05) is 97.1 Å². The molecule has 0 aliphatic carbocycles. The summed E-state index contributed by atoms with van der Waals surface area (Å²) in [5, 5.41) is 27.2. The largest absolute Gasteiger partial charge is 0.309 e. The smallest absolute Gasteiger partial charge is 0.101 e. The van der Waals surface area contributed by atoms with E-state index >= 15 is 0 Å². The van der Waals surface area contributed by atoms with Gasteiger partial charge in [0.05, 0.1) is 61.7 Å². The van der Waals surface area contributed by atoms with Crippen LogP contribution in [0.25, 0.3) is 93.6 Å². The van der Waals surface area contributed by atoms with Gasteiger partial charge in [0.1, 0.15) is 6.07 Å². The van der Waals surface area contributed by atoms with Gasteiger partial charge in [-0.05, 0) is 90.0 Å². The highest BCUT2D eigenvalue weighted by atomic mass is 15.0. The molecule has 0 saturated carbocycles. The van der Waals surface area contributed by atoms with Crippen LogP contribution in [0.5, 0.6) is 0 Å². The average Bonchev–Trinajstić information content (AvgIpc) is 3.89. The van der Waals surface area contributed by atoms with Crippen molar-refractivity contribution in [2.24, 2.45) is 0 Å². The number of hydrogen-bond acceptors (Lipinski definition) is 2. The second kappa shape index (κ2) is 11.8. The van der Waals surface area contributed by atoms with Crippen molar-refractivity contribution in [3.05, 3.63) is 187 Å². The van der Waals surface area contributed by atoms with E-state index in [0.717, 1.165) is 71.8 Å². The van der Waals surface area contributed by atoms with E-state index in [1.54, 1.807) is 0 Å². The molecule has 0 radical (unpaired) electrons. The average molecular weight is 700 g/mol. The van der Waals surface area contributed by atoms with Crippen LogP contribution < -0.4 is 0 Å². The Morgan fingerprint density at radius 1 is 0.345 bits per heavy atom. The van der Waals surface area contributed by atoms with Crippen LogP contribution in [0.2, 0.25) is 0 Å². The lowest BCUT2D eigenvalue weighted by atomic mass is 10.0. The molecule has 0 unspecified atom stereocenters. The number of aromatic nitrogens is 3. The highest BCUT2D eigenvalue weighted by Gasteiger charge is 2.21. The van der Waals surface area contributed by atoms with E-state index in [-0.39, 0.29) is 0 Å². The van der Waals surface area contributed by atoms with Crippen molar-refractivity contribution in [1.29, 1.82) is 10.5 Å². The second-order valence-electron chi connectivity index (χ2n) is 14.0. The molecule has 3 heterocycles. The summed E-state index contributed by atoms with van der Waals surface area (Å²) in [6.45, 7) is 0. The first kappa shape index (κ1) is 30.7. The molecule has 0 fully saturated rings. The molecule has 3 aromatic heterocycles. The Kier molecular flexibility index (Phi) is 6.61. The van der Waals surface area contributed by atoms with Crippen molar-refractivity contribution in [1.82, 2.24) is 13.7 Å². The first-order valence-electron chi connectivity index (χ1n) is 18.3. The molecule has 254 valence electrons. The minimum atomic E-state index is 0.595. The summed E-state index contributed by atoms with van der Waals surface area (Å²) in [5.74, 6) is 0. The molecule has 0 spiro atoms. The summed E-state index contributed by atoms with van der Waals surface area (Å²) < 4.78 is 6.85. The highest BCUT2D eigenvalue weighted by Crippen LogP contribution is 2.41. The van der Waals surface area contributed by atoms with Crippen LogP contribution in [0.1, 0.15) is 11.1 Å². The van der Waals surface area contributed by atoms with Crippen LogP contribution in [0, 0.1) is 22.7 Å². The minimum Gasteiger partial charge on any atom is -0.309 e. The Bertz CT molecular complexity index is 3400. The molecule has 0 N–H and O–H groups in total. The molecule has 0 amide bonds. The quantitative estimate of drug-likeness (QED) is 0.184. The third-order valence-electron chi connectivity index (χ3n) is 11.1. The molecule has 0 aliphatic rings. The molecule has 55 heavy (non-hydrogen) atoms. The standard InChI is InChI=1S/C50H29N5/c51-30-32-20-26-47-41(28-32)39-12-3-7-16-45(39)55(47)49-19-9-18-48-50(49)40-13-4-8-17-46(40)54(48)42-27-23-34(29-35(42)31-52)33-21-24-36(25-22-33)53-43-14-5-1-10-37(43)38-11-2-6-15-44(38)53/h1-29H. The van der Waals surface area contributed by atoms with E-state index in [4.69, 9.17) is 0 Å². The fraction of sp³-hybridized carbons (Fsp3) is 0. The van der Waals surface area contributed by atoms with Crippen molar-refractivity contribution in [2.45, 2.75) is 0 Å². The zero-order valence-electron chi connectivity index (χ0n) is 29.5. The van der Waals surface area contributed by atoms with E-state index in [1.165, 1.54) is 21.8 Å². The molecule has 11 aromatic rings. The molecule has 0 aliphatic heterocycles. The minimum absolute atomic E-state index is 0.595. The summed E-state index contributed by atoms with van der Waals surface area (Å²) in [6, 6.07) is 65.9. The number of para-hydroxylation sites is 4. The van der Waals surface area contributed by atoms with E-state index < -0.39 is 0 Å². The molecule has 0 saturated heterocycles. The van der Waals surface area contributed by atoms with Crippen LogP contribution in [0.4, 0.5) is 0 Å². The molecular formula is C50H29N5. The number of nitriles is 2. The Labute approximate surface area is 316 Å². The first-order chi connectivity index (χ1) is 27.2. The Hall–Kier alpha value is -7.86. The highest BCUT2D eigenvalue weighted by molar-refractivity contribution is 6.17. The number of hydrogen-bond donors (Lipinski definition) is 0. The van der Waals surface area contributed by atoms with E-state index in [0.29, 0.717) is 11.1 Å². The van der Waals surface area contributed by atoms with Crippen molar-refractivity contribution in [3.8, 4) is 40.3 Å². The number of benzene rings is 8. The molecule has 0 bridgehead atoms. The van der Waals surface area contributed by atoms with Crippen LogP contribution in [-0.4, -0.2) is 13.7 Å². The molecule has 11 rings (SSSR count). The van der Waals surface area contributed by atoms with E-state index in [2.05, 4.69) is 171 Å². The Morgan fingerprint density at radius 3 is 1.53 bits per heavy atom. The first-order valence-corrected chi connectivity index (χ1v) is 18.3. The summed E-state index contributed by atoms with van der Waals surface area (Å²) >= 11 is 0. The predicted molar refractivity (Wildman–Crippen MR) is 224 cm³/mol. The van der Waals surface area contributed by atoms with Crippen LogP contribution in [0.15, 0.2) is 176 Å². The monoisotopic (exact) mass is 699 g/mol. The summed E-state index contributed by atoms with van der Waals surface area (Å²) in [6.07, 6.45) is 0. The third-order valence-corrected chi connectivity index (χ3v) is 11.1. The van der Waals surface area contributed by atoms with Crippen molar-refractivity contribution < 1.29 is 0 Å². The Morgan fingerprint density at radius 2 is 0.873 bits per heavy atom. The Balaban J connectivity index is 1.07. The van der Waals surface area contributed by atoms with Crippen LogP contribution in [0.3, 0.4) is 0 Å². The summed E-state index contributed by atoms with van der Waals surface area (Å²) in [7, 11) is 0. The third kappa shape index (κ3) is 4.45. The second-order valence-corrected chi connectivity index (χ2v) is 14.0.